The van der Waals surface area contributed by atoms with Crippen LogP contribution in [0.3, 0.4) is 0 Å². The van der Waals surface area contributed by atoms with E-state index in [0.717, 1.165) is 6.08 Å². The van der Waals surface area contributed by atoms with E-state index >= 15 is 0 Å². The highest BCUT2D eigenvalue weighted by atomic mass is 19.2. The number of ether oxygens (including phenoxy) is 1. The van der Waals surface area contributed by atoms with Gasteiger partial charge in [-0.15, -0.1) is 0 Å². The first-order valence-electron chi connectivity index (χ1n) is 6.10. The molecule has 1 rings (SSSR count). The van der Waals surface area contributed by atoms with Crippen molar-refractivity contribution in [2.45, 2.75) is 20.3 Å². The fourth-order valence-electron chi connectivity index (χ4n) is 1.56. The highest BCUT2D eigenvalue weighted by Crippen LogP contribution is 2.21. The molecular weight excluding hydrogens is 292 g/mol. The molecule has 0 N–H and O–H groups in total. The maximum absolute atomic E-state index is 13.6. The Bertz CT molecular complexity index is 609. The van der Waals surface area contributed by atoms with Crippen LogP contribution >= 0.6 is 0 Å². The van der Waals surface area contributed by atoms with E-state index in [-0.39, 0.29) is 19.1 Å². The molecule has 1 aromatic rings. The Morgan fingerprint density at radius 2 is 1.71 bits per heavy atom. The van der Waals surface area contributed by atoms with E-state index in [1.807, 2.05) is 0 Å². The minimum atomic E-state index is -2.11. The second-order valence-corrected chi connectivity index (χ2v) is 3.92. The fraction of sp³-hybridized carbons (Fsp3) is 0.286. The number of carbonyl (C=O) groups excluding carboxylic acids is 2. The largest absolute Gasteiger partial charge is 0.462 e. The quantitative estimate of drug-likeness (QED) is 0.122. The van der Waals surface area contributed by atoms with E-state index in [9.17, 15) is 27.2 Å². The first-order valence-corrected chi connectivity index (χ1v) is 6.10. The van der Waals surface area contributed by atoms with Crippen molar-refractivity contribution >= 4 is 11.8 Å². The Labute approximate surface area is 118 Å². The Balaban J connectivity index is 3.35. The lowest BCUT2D eigenvalue weighted by molar-refractivity contribution is -0.138. The molecule has 1 aromatic carbocycles. The van der Waals surface area contributed by atoms with Gasteiger partial charge in [-0.1, -0.05) is 13.0 Å². The second kappa shape index (κ2) is 7.01. The predicted octanol–water partition coefficient (Wildman–Crippen LogP) is 3.33. The number of allylic oxidation sites excluding steroid dienone is 1. The summed E-state index contributed by atoms with van der Waals surface area (Å²) < 4.78 is 57.3. The zero-order valence-corrected chi connectivity index (χ0v) is 11.3. The lowest BCUT2D eigenvalue weighted by Gasteiger charge is -2.08. The molecule has 0 aliphatic rings. The van der Waals surface area contributed by atoms with E-state index in [4.69, 9.17) is 0 Å². The average molecular weight is 304 g/mol. The molecule has 0 aliphatic carbocycles. The first-order chi connectivity index (χ1) is 9.84. The number of benzene rings is 1. The van der Waals surface area contributed by atoms with Crippen LogP contribution in [0.5, 0.6) is 0 Å². The maximum Gasteiger partial charge on any atom is 0.341 e. The predicted molar refractivity (Wildman–Crippen MR) is 65.6 cm³/mol. The molecule has 0 aliphatic heterocycles. The van der Waals surface area contributed by atoms with E-state index in [1.165, 1.54) is 6.92 Å². The van der Waals surface area contributed by atoms with Crippen molar-refractivity contribution in [3.8, 4) is 0 Å². The highest BCUT2D eigenvalue weighted by molar-refractivity contribution is 6.24. The molecule has 21 heavy (non-hydrogen) atoms. The summed E-state index contributed by atoms with van der Waals surface area (Å²) in [5, 5.41) is 0. The number of Topliss-reactive ketones (excluding diaryl/α,β-unsaturated/α-hetero) is 1. The van der Waals surface area contributed by atoms with E-state index < -0.39 is 46.2 Å². The van der Waals surface area contributed by atoms with Gasteiger partial charge in [0.15, 0.2) is 23.3 Å². The molecule has 0 bridgehead atoms. The summed E-state index contributed by atoms with van der Waals surface area (Å²) >= 11 is 0. The van der Waals surface area contributed by atoms with Gasteiger partial charge in [-0.2, -0.15) is 0 Å². The van der Waals surface area contributed by atoms with Crippen molar-refractivity contribution in [3.05, 3.63) is 46.5 Å². The minimum Gasteiger partial charge on any atom is -0.462 e. The summed E-state index contributed by atoms with van der Waals surface area (Å²) in [6.07, 6.45) is 1.37. The minimum absolute atomic E-state index is 0.0399. The molecule has 0 saturated carbocycles. The van der Waals surface area contributed by atoms with Gasteiger partial charge in [0.2, 0.25) is 5.78 Å². The van der Waals surface area contributed by atoms with Gasteiger partial charge < -0.3 is 4.74 Å². The molecule has 0 heterocycles. The van der Waals surface area contributed by atoms with E-state index in [2.05, 4.69) is 4.74 Å². The van der Waals surface area contributed by atoms with Gasteiger partial charge >= 0.3 is 5.97 Å². The van der Waals surface area contributed by atoms with Crippen LogP contribution in [-0.2, 0) is 9.53 Å². The van der Waals surface area contributed by atoms with Crippen LogP contribution in [0.4, 0.5) is 17.6 Å². The second-order valence-electron chi connectivity index (χ2n) is 3.92. The number of hydrogen-bond acceptors (Lipinski definition) is 3. The fourth-order valence-corrected chi connectivity index (χ4v) is 1.56. The summed E-state index contributed by atoms with van der Waals surface area (Å²) in [6, 6.07) is 0.207. The third-order valence-electron chi connectivity index (χ3n) is 2.50. The van der Waals surface area contributed by atoms with Gasteiger partial charge in [-0.3, -0.25) is 4.79 Å². The summed E-state index contributed by atoms with van der Waals surface area (Å²) in [4.78, 5) is 23.6. The van der Waals surface area contributed by atoms with Gasteiger partial charge in [-0.25, -0.2) is 22.4 Å². The molecule has 114 valence electrons. The molecule has 0 atom stereocenters. The molecule has 0 aromatic heterocycles. The molecule has 0 saturated heterocycles. The summed E-state index contributed by atoms with van der Waals surface area (Å²) in [7, 11) is 0. The maximum atomic E-state index is 13.6. The van der Waals surface area contributed by atoms with Crippen molar-refractivity contribution < 1.29 is 31.9 Å². The van der Waals surface area contributed by atoms with Crippen molar-refractivity contribution in [3.63, 3.8) is 0 Å². The zero-order chi connectivity index (χ0) is 16.2. The van der Waals surface area contributed by atoms with Gasteiger partial charge in [-0.05, 0) is 19.4 Å². The molecule has 0 unspecified atom stereocenters. The first kappa shape index (κ1) is 16.9. The van der Waals surface area contributed by atoms with Crippen LogP contribution in [0.1, 0.15) is 30.6 Å². The van der Waals surface area contributed by atoms with Gasteiger partial charge in [0.25, 0.3) is 0 Å². The number of esters is 1. The van der Waals surface area contributed by atoms with Gasteiger partial charge in [0.1, 0.15) is 5.57 Å². The molecule has 0 fully saturated rings. The summed E-state index contributed by atoms with van der Waals surface area (Å²) in [5.74, 6) is -10.0. The van der Waals surface area contributed by atoms with Gasteiger partial charge in [0.05, 0.1) is 12.2 Å². The number of ketones is 1. The van der Waals surface area contributed by atoms with Crippen molar-refractivity contribution in [2.24, 2.45) is 0 Å². The Morgan fingerprint density at radius 3 is 2.24 bits per heavy atom. The SMILES string of the molecule is CCC=C(C(=O)OCC)C(=O)c1cc(F)c(F)c(F)c1F. The number of carbonyl (C=O) groups is 2. The normalized spacial score (nSPS) is 11.4. The van der Waals surface area contributed by atoms with Gasteiger partial charge in [0, 0.05) is 0 Å². The van der Waals surface area contributed by atoms with Crippen LogP contribution in [0.2, 0.25) is 0 Å². The monoisotopic (exact) mass is 304 g/mol. The number of hydrogen-bond donors (Lipinski definition) is 0. The topological polar surface area (TPSA) is 43.4 Å². The van der Waals surface area contributed by atoms with Crippen molar-refractivity contribution in [1.29, 1.82) is 0 Å². The Morgan fingerprint density at radius 1 is 1.10 bits per heavy atom. The Hall–Kier alpha value is -2.18. The Kier molecular flexibility index (Phi) is 5.63. The number of halogens is 4. The lowest BCUT2D eigenvalue weighted by Crippen LogP contribution is -2.18. The van der Waals surface area contributed by atoms with E-state index in [1.54, 1.807) is 6.92 Å². The molecule has 7 heteroatoms. The molecule has 3 nitrogen and oxygen atoms in total. The lowest BCUT2D eigenvalue weighted by atomic mass is 10.0. The number of rotatable bonds is 5. The summed E-state index contributed by atoms with van der Waals surface area (Å²) in [6.45, 7) is 3.04. The molecule has 0 amide bonds. The highest BCUT2D eigenvalue weighted by Gasteiger charge is 2.28. The van der Waals surface area contributed by atoms with Crippen LogP contribution in [-0.4, -0.2) is 18.4 Å². The molecule has 0 spiro atoms. The van der Waals surface area contributed by atoms with Crippen LogP contribution in [0.25, 0.3) is 0 Å². The van der Waals surface area contributed by atoms with Crippen molar-refractivity contribution in [1.82, 2.24) is 0 Å². The van der Waals surface area contributed by atoms with E-state index in [0.29, 0.717) is 0 Å². The van der Waals surface area contributed by atoms with Crippen LogP contribution in [0.15, 0.2) is 17.7 Å². The molecular formula is C14H12F4O3. The average Bonchev–Trinajstić information content (AvgIpc) is 2.45. The zero-order valence-electron chi connectivity index (χ0n) is 11.3. The van der Waals surface area contributed by atoms with Crippen LogP contribution in [0, 0.1) is 23.3 Å². The third kappa shape index (κ3) is 3.48. The standard InChI is InChI=1S/C14H12F4O3/c1-3-5-7(14(20)21-4-2)13(19)8-6-9(15)11(17)12(18)10(8)16/h5-6H,3-4H2,1-2H3. The smallest absolute Gasteiger partial charge is 0.341 e. The van der Waals surface area contributed by atoms with Crippen molar-refractivity contribution in [2.75, 3.05) is 6.61 Å². The van der Waals surface area contributed by atoms with Crippen LogP contribution < -0.4 is 0 Å². The third-order valence-corrected chi connectivity index (χ3v) is 2.50. The summed E-state index contributed by atoms with van der Waals surface area (Å²) in [5.41, 5.74) is -1.64. The molecule has 0 radical (unpaired) electrons.